The van der Waals surface area contributed by atoms with Gasteiger partial charge in [0.25, 0.3) is 5.56 Å². The SMILES string of the molecule is O=c1c2ccc(C3CC3)cc2cc(CC2CNC2)n1-c1cccc(-c2ccc3cncn3c2)c1CO. The van der Waals surface area contributed by atoms with Crippen LogP contribution in [0.3, 0.4) is 0 Å². The molecule has 3 aromatic heterocycles. The van der Waals surface area contributed by atoms with Crippen molar-refractivity contribution < 1.29 is 5.11 Å². The Kier molecular flexibility index (Phi) is 5.04. The summed E-state index contributed by atoms with van der Waals surface area (Å²) in [6.07, 6.45) is 8.90. The zero-order valence-corrected chi connectivity index (χ0v) is 20.0. The third kappa shape index (κ3) is 3.56. The molecule has 0 amide bonds. The topological polar surface area (TPSA) is 71.6 Å². The van der Waals surface area contributed by atoms with E-state index in [1.165, 1.54) is 18.4 Å². The van der Waals surface area contributed by atoms with E-state index >= 15 is 0 Å². The van der Waals surface area contributed by atoms with Crippen LogP contribution >= 0.6 is 0 Å². The summed E-state index contributed by atoms with van der Waals surface area (Å²) >= 11 is 0. The van der Waals surface area contributed by atoms with Gasteiger partial charge < -0.3 is 14.8 Å². The van der Waals surface area contributed by atoms with Gasteiger partial charge in [0.1, 0.15) is 0 Å². The third-order valence-electron chi connectivity index (χ3n) is 7.80. The van der Waals surface area contributed by atoms with Gasteiger partial charge in [0.15, 0.2) is 0 Å². The Hall–Kier alpha value is -3.74. The van der Waals surface area contributed by atoms with Crippen LogP contribution in [0.1, 0.15) is 35.6 Å². The molecule has 0 atom stereocenters. The van der Waals surface area contributed by atoms with E-state index in [1.54, 1.807) is 6.33 Å². The van der Waals surface area contributed by atoms with Gasteiger partial charge in [-0.25, -0.2) is 4.98 Å². The Balaban J connectivity index is 1.44. The molecule has 36 heavy (non-hydrogen) atoms. The molecule has 6 nitrogen and oxygen atoms in total. The van der Waals surface area contributed by atoms with Gasteiger partial charge in [0, 0.05) is 22.8 Å². The number of nitrogens with zero attached hydrogens (tertiary/aromatic N) is 3. The van der Waals surface area contributed by atoms with Crippen molar-refractivity contribution >= 4 is 16.3 Å². The van der Waals surface area contributed by atoms with Crippen molar-refractivity contribution in [2.45, 2.75) is 31.8 Å². The average Bonchev–Trinajstić information content (AvgIpc) is 3.62. The molecule has 1 saturated carbocycles. The van der Waals surface area contributed by atoms with Crippen molar-refractivity contribution in [2.75, 3.05) is 13.1 Å². The maximum atomic E-state index is 14.0. The van der Waals surface area contributed by atoms with E-state index in [0.717, 1.165) is 63.9 Å². The van der Waals surface area contributed by atoms with Crippen molar-refractivity contribution in [3.8, 4) is 16.8 Å². The molecule has 0 unspecified atom stereocenters. The molecule has 2 aliphatic rings. The number of pyridine rings is 2. The Morgan fingerprint density at radius 1 is 1.06 bits per heavy atom. The van der Waals surface area contributed by atoms with E-state index < -0.39 is 0 Å². The molecule has 1 saturated heterocycles. The van der Waals surface area contributed by atoms with Gasteiger partial charge >= 0.3 is 0 Å². The zero-order valence-electron chi connectivity index (χ0n) is 20.0. The van der Waals surface area contributed by atoms with Crippen LogP contribution in [0.15, 0.2) is 78.1 Å². The highest BCUT2D eigenvalue weighted by molar-refractivity contribution is 5.84. The van der Waals surface area contributed by atoms with E-state index in [0.29, 0.717) is 11.8 Å². The zero-order chi connectivity index (χ0) is 24.2. The fourth-order valence-corrected chi connectivity index (χ4v) is 5.56. The molecule has 7 rings (SSSR count). The van der Waals surface area contributed by atoms with Crippen LogP contribution in [0.2, 0.25) is 0 Å². The Morgan fingerprint density at radius 2 is 1.94 bits per heavy atom. The van der Waals surface area contributed by atoms with Crippen LogP contribution in [0.5, 0.6) is 0 Å². The van der Waals surface area contributed by atoms with Gasteiger partial charge in [-0.2, -0.15) is 0 Å². The fraction of sp³-hybridized carbons (Fsp3) is 0.267. The molecule has 1 aliphatic carbocycles. The van der Waals surface area contributed by atoms with Gasteiger partial charge in [-0.15, -0.1) is 0 Å². The summed E-state index contributed by atoms with van der Waals surface area (Å²) in [6.45, 7) is 1.77. The minimum absolute atomic E-state index is 0.0194. The summed E-state index contributed by atoms with van der Waals surface area (Å²) in [5.41, 5.74) is 6.72. The number of hydrogen-bond acceptors (Lipinski definition) is 4. The first-order chi connectivity index (χ1) is 17.7. The second-order valence-electron chi connectivity index (χ2n) is 10.2. The van der Waals surface area contributed by atoms with Crippen LogP contribution < -0.4 is 10.9 Å². The Labute approximate surface area is 208 Å². The van der Waals surface area contributed by atoms with Gasteiger partial charge in [0.2, 0.25) is 0 Å². The quantitative estimate of drug-likeness (QED) is 0.380. The number of aliphatic hydroxyl groups excluding tert-OH is 1. The number of imidazole rings is 1. The first-order valence-electron chi connectivity index (χ1n) is 12.7. The average molecular weight is 477 g/mol. The molecule has 2 N–H and O–H groups in total. The highest BCUT2D eigenvalue weighted by Gasteiger charge is 2.25. The van der Waals surface area contributed by atoms with Crippen molar-refractivity contribution in [3.63, 3.8) is 0 Å². The van der Waals surface area contributed by atoms with Gasteiger partial charge in [-0.05, 0) is 90.5 Å². The molecule has 4 heterocycles. The lowest BCUT2D eigenvalue weighted by atomic mass is 9.94. The molecule has 2 aromatic carbocycles. The van der Waals surface area contributed by atoms with Crippen molar-refractivity contribution in [3.05, 3.63) is 100 Å². The standard InChI is InChI=1S/C30H28N4O2/c35-17-28-26(22-6-8-24-15-32-18-33(24)16-22)2-1-3-29(28)34-25(10-19-13-31-14-19)12-23-11-21(20-4-5-20)7-9-27(23)30(34)36/h1-3,6-9,11-12,15-16,18-20,31,35H,4-5,10,13-14,17H2. The number of benzene rings is 2. The van der Waals surface area contributed by atoms with E-state index in [-0.39, 0.29) is 12.2 Å². The van der Waals surface area contributed by atoms with Crippen molar-refractivity contribution in [2.24, 2.45) is 5.92 Å². The lowest BCUT2D eigenvalue weighted by molar-refractivity contribution is 0.282. The molecule has 6 heteroatoms. The van der Waals surface area contributed by atoms with Crippen molar-refractivity contribution in [1.82, 2.24) is 19.3 Å². The van der Waals surface area contributed by atoms with Gasteiger partial charge in [-0.1, -0.05) is 30.3 Å². The second-order valence-corrected chi connectivity index (χ2v) is 10.2. The molecular formula is C30H28N4O2. The summed E-state index contributed by atoms with van der Waals surface area (Å²) < 4.78 is 3.82. The normalized spacial score (nSPS) is 16.0. The van der Waals surface area contributed by atoms with E-state index in [9.17, 15) is 9.90 Å². The van der Waals surface area contributed by atoms with E-state index in [2.05, 4.69) is 28.5 Å². The molecule has 180 valence electrons. The van der Waals surface area contributed by atoms with E-state index in [4.69, 9.17) is 0 Å². The first kappa shape index (κ1) is 21.5. The number of nitrogens with one attached hydrogen (secondary N) is 1. The number of fused-ring (bicyclic) bond motifs is 2. The second kappa shape index (κ2) is 8.43. The van der Waals surface area contributed by atoms with Crippen LogP contribution in [0.4, 0.5) is 0 Å². The lowest BCUT2D eigenvalue weighted by Gasteiger charge is -2.29. The number of aromatic nitrogens is 3. The van der Waals surface area contributed by atoms with Crippen LogP contribution in [-0.4, -0.2) is 32.1 Å². The summed E-state index contributed by atoms with van der Waals surface area (Å²) in [5.74, 6) is 1.14. The third-order valence-corrected chi connectivity index (χ3v) is 7.80. The molecule has 2 fully saturated rings. The smallest absolute Gasteiger partial charge is 0.263 e. The molecular weight excluding hydrogens is 448 g/mol. The highest BCUT2D eigenvalue weighted by Crippen LogP contribution is 2.41. The predicted molar refractivity (Wildman–Crippen MR) is 142 cm³/mol. The summed E-state index contributed by atoms with van der Waals surface area (Å²) in [5, 5.41) is 15.7. The minimum atomic E-state index is -0.164. The fourth-order valence-electron chi connectivity index (χ4n) is 5.56. The van der Waals surface area contributed by atoms with Crippen molar-refractivity contribution in [1.29, 1.82) is 0 Å². The van der Waals surface area contributed by atoms with E-state index in [1.807, 2.05) is 57.8 Å². The Bertz CT molecular complexity index is 1670. The molecule has 0 bridgehead atoms. The number of hydrogen-bond donors (Lipinski definition) is 2. The number of rotatable bonds is 6. The Morgan fingerprint density at radius 3 is 2.72 bits per heavy atom. The number of aliphatic hydroxyl groups is 1. The minimum Gasteiger partial charge on any atom is -0.392 e. The van der Waals surface area contributed by atoms with Gasteiger partial charge in [0.05, 0.1) is 30.3 Å². The summed E-state index contributed by atoms with van der Waals surface area (Å²) in [6, 6.07) is 18.5. The molecule has 0 spiro atoms. The molecule has 5 aromatic rings. The molecule has 1 aliphatic heterocycles. The van der Waals surface area contributed by atoms with Gasteiger partial charge in [-0.3, -0.25) is 9.36 Å². The monoisotopic (exact) mass is 476 g/mol. The predicted octanol–water partition coefficient (Wildman–Crippen LogP) is 4.44. The lowest BCUT2D eigenvalue weighted by Crippen LogP contribution is -2.43. The summed E-state index contributed by atoms with van der Waals surface area (Å²) in [7, 11) is 0. The van der Waals surface area contributed by atoms with Crippen LogP contribution in [0.25, 0.3) is 33.1 Å². The largest absolute Gasteiger partial charge is 0.392 e. The molecule has 0 radical (unpaired) electrons. The maximum Gasteiger partial charge on any atom is 0.263 e. The van der Waals surface area contributed by atoms with Crippen LogP contribution in [-0.2, 0) is 13.0 Å². The van der Waals surface area contributed by atoms with Crippen LogP contribution in [0, 0.1) is 5.92 Å². The highest BCUT2D eigenvalue weighted by atomic mass is 16.3. The first-order valence-corrected chi connectivity index (χ1v) is 12.7. The summed E-state index contributed by atoms with van der Waals surface area (Å²) in [4.78, 5) is 18.3. The maximum absolute atomic E-state index is 14.0.